The molecule has 0 radical (unpaired) electrons. The highest BCUT2D eigenvalue weighted by Crippen LogP contribution is 2.10. The first-order valence-corrected chi connectivity index (χ1v) is 8.37. The number of Topliss-reactive ketones (excluding diaryl/α,β-unsaturated/α-hetero) is 1. The van der Waals surface area contributed by atoms with E-state index in [0.29, 0.717) is 12.1 Å². The number of aryl methyl sites for hydroxylation is 1. The van der Waals surface area contributed by atoms with E-state index in [2.05, 4.69) is 12.2 Å². The lowest BCUT2D eigenvalue weighted by Crippen LogP contribution is -2.37. The van der Waals surface area contributed by atoms with Crippen LogP contribution in [0.2, 0.25) is 0 Å². The Bertz CT molecular complexity index is 654. The van der Waals surface area contributed by atoms with E-state index in [1.54, 1.807) is 12.1 Å². The summed E-state index contributed by atoms with van der Waals surface area (Å²) in [4.78, 5) is 47.8. The SMILES string of the molecule is CCCc1ccc(C(=O)CCC(=O)OCC(=O)N2CCNC2=O)cc1. The molecule has 1 aliphatic rings. The maximum Gasteiger partial charge on any atom is 0.324 e. The number of nitrogens with one attached hydrogen (secondary N) is 1. The molecular formula is C18H22N2O5. The van der Waals surface area contributed by atoms with Gasteiger partial charge in [0.2, 0.25) is 0 Å². The number of nitrogens with zero attached hydrogens (tertiary/aromatic N) is 1. The molecule has 2 rings (SSSR count). The van der Waals surface area contributed by atoms with Gasteiger partial charge < -0.3 is 10.1 Å². The molecule has 1 N–H and O–H groups in total. The van der Waals surface area contributed by atoms with Crippen LogP contribution >= 0.6 is 0 Å². The zero-order valence-corrected chi connectivity index (χ0v) is 14.2. The number of carbonyl (C=O) groups is 4. The predicted molar refractivity (Wildman–Crippen MR) is 90.1 cm³/mol. The van der Waals surface area contributed by atoms with Crippen molar-refractivity contribution in [1.82, 2.24) is 10.2 Å². The van der Waals surface area contributed by atoms with Gasteiger partial charge in [0.15, 0.2) is 12.4 Å². The van der Waals surface area contributed by atoms with Gasteiger partial charge in [0.1, 0.15) is 0 Å². The van der Waals surface area contributed by atoms with E-state index in [0.717, 1.165) is 17.7 Å². The lowest BCUT2D eigenvalue weighted by Gasteiger charge is -2.12. The first kappa shape index (κ1) is 18.6. The predicted octanol–water partition coefficient (Wildman–Crippen LogP) is 1.70. The van der Waals surface area contributed by atoms with E-state index in [1.165, 1.54) is 5.56 Å². The second kappa shape index (κ2) is 8.96. The zero-order valence-electron chi connectivity index (χ0n) is 14.2. The van der Waals surface area contributed by atoms with Gasteiger partial charge in [0.05, 0.1) is 6.42 Å². The quantitative estimate of drug-likeness (QED) is 0.571. The van der Waals surface area contributed by atoms with Gasteiger partial charge >= 0.3 is 12.0 Å². The van der Waals surface area contributed by atoms with Gasteiger partial charge in [0.25, 0.3) is 5.91 Å². The summed E-state index contributed by atoms with van der Waals surface area (Å²) in [6, 6.07) is 6.86. The molecule has 1 aromatic rings. The summed E-state index contributed by atoms with van der Waals surface area (Å²) in [5, 5.41) is 2.49. The van der Waals surface area contributed by atoms with Gasteiger partial charge in [-0.1, -0.05) is 37.6 Å². The van der Waals surface area contributed by atoms with Crippen molar-refractivity contribution in [3.63, 3.8) is 0 Å². The van der Waals surface area contributed by atoms with Crippen LogP contribution in [0.5, 0.6) is 0 Å². The third-order valence-corrected chi connectivity index (χ3v) is 3.89. The Morgan fingerprint density at radius 3 is 2.48 bits per heavy atom. The molecule has 1 aromatic carbocycles. The minimum absolute atomic E-state index is 0.0182. The third kappa shape index (κ3) is 5.41. The standard InChI is InChI=1S/C18H22N2O5/c1-2-3-13-4-6-14(7-5-13)15(21)8-9-17(23)25-12-16(22)20-11-10-19-18(20)24/h4-7H,2-3,8-12H2,1H3,(H,19,24). The van der Waals surface area contributed by atoms with Crippen molar-refractivity contribution >= 4 is 23.7 Å². The van der Waals surface area contributed by atoms with Crippen LogP contribution in [0.25, 0.3) is 0 Å². The number of urea groups is 1. The highest BCUT2D eigenvalue weighted by atomic mass is 16.5. The fourth-order valence-corrected chi connectivity index (χ4v) is 2.51. The highest BCUT2D eigenvalue weighted by molar-refractivity contribution is 5.98. The van der Waals surface area contributed by atoms with Crippen LogP contribution in [0, 0.1) is 0 Å². The molecule has 0 bridgehead atoms. The van der Waals surface area contributed by atoms with Crippen molar-refractivity contribution in [2.45, 2.75) is 32.6 Å². The number of imide groups is 1. The van der Waals surface area contributed by atoms with Crippen molar-refractivity contribution in [1.29, 1.82) is 0 Å². The number of carbonyl (C=O) groups excluding carboxylic acids is 4. The van der Waals surface area contributed by atoms with Gasteiger partial charge in [-0.05, 0) is 12.0 Å². The summed E-state index contributed by atoms with van der Waals surface area (Å²) < 4.78 is 4.84. The molecule has 0 saturated carbocycles. The number of esters is 1. The minimum Gasteiger partial charge on any atom is -0.456 e. The third-order valence-electron chi connectivity index (χ3n) is 3.89. The summed E-state index contributed by atoms with van der Waals surface area (Å²) >= 11 is 0. The topological polar surface area (TPSA) is 92.8 Å². The fraction of sp³-hybridized carbons (Fsp3) is 0.444. The monoisotopic (exact) mass is 346 g/mol. The molecule has 134 valence electrons. The number of benzene rings is 1. The Hall–Kier alpha value is -2.70. The molecule has 1 heterocycles. The van der Waals surface area contributed by atoms with Gasteiger partial charge in [0, 0.05) is 25.1 Å². The smallest absolute Gasteiger partial charge is 0.324 e. The van der Waals surface area contributed by atoms with Crippen LogP contribution in [-0.2, 0) is 20.7 Å². The fourth-order valence-electron chi connectivity index (χ4n) is 2.51. The molecule has 7 nitrogen and oxygen atoms in total. The summed E-state index contributed by atoms with van der Waals surface area (Å²) in [5.74, 6) is -1.35. The molecule has 1 aliphatic heterocycles. The van der Waals surface area contributed by atoms with E-state index in [-0.39, 0.29) is 25.2 Å². The van der Waals surface area contributed by atoms with Gasteiger partial charge in [-0.25, -0.2) is 4.79 Å². The maximum absolute atomic E-state index is 12.1. The Kier molecular flexibility index (Phi) is 6.68. The molecule has 7 heteroatoms. The lowest BCUT2D eigenvalue weighted by atomic mass is 10.0. The minimum atomic E-state index is -0.635. The van der Waals surface area contributed by atoms with Crippen molar-refractivity contribution in [3.8, 4) is 0 Å². The molecule has 0 aromatic heterocycles. The van der Waals surface area contributed by atoms with E-state index in [4.69, 9.17) is 4.74 Å². The number of ether oxygens (including phenoxy) is 1. The summed E-state index contributed by atoms with van der Waals surface area (Å²) in [7, 11) is 0. The number of hydrogen-bond donors (Lipinski definition) is 1. The van der Waals surface area contributed by atoms with E-state index in [1.807, 2.05) is 12.1 Å². The van der Waals surface area contributed by atoms with Gasteiger partial charge in [-0.3, -0.25) is 19.3 Å². The van der Waals surface area contributed by atoms with E-state index >= 15 is 0 Å². The van der Waals surface area contributed by atoms with Crippen LogP contribution in [0.4, 0.5) is 4.79 Å². The molecule has 3 amide bonds. The molecule has 1 saturated heterocycles. The molecular weight excluding hydrogens is 324 g/mol. The Morgan fingerprint density at radius 2 is 1.88 bits per heavy atom. The molecule has 0 atom stereocenters. The Morgan fingerprint density at radius 1 is 1.16 bits per heavy atom. The van der Waals surface area contributed by atoms with Crippen LogP contribution in [0.1, 0.15) is 42.1 Å². The summed E-state index contributed by atoms with van der Waals surface area (Å²) in [5.41, 5.74) is 1.72. The average Bonchev–Trinajstić information content (AvgIpc) is 3.04. The van der Waals surface area contributed by atoms with Crippen molar-refractivity contribution in [2.24, 2.45) is 0 Å². The average molecular weight is 346 g/mol. The first-order valence-electron chi connectivity index (χ1n) is 8.37. The second-order valence-corrected chi connectivity index (χ2v) is 5.81. The van der Waals surface area contributed by atoms with E-state index in [9.17, 15) is 19.2 Å². The maximum atomic E-state index is 12.1. The Labute approximate surface area is 146 Å². The molecule has 0 unspecified atom stereocenters. The number of hydrogen-bond acceptors (Lipinski definition) is 5. The summed E-state index contributed by atoms with van der Waals surface area (Å²) in [6.07, 6.45) is 1.92. The van der Waals surface area contributed by atoms with Crippen molar-refractivity contribution in [2.75, 3.05) is 19.7 Å². The van der Waals surface area contributed by atoms with Gasteiger partial charge in [-0.2, -0.15) is 0 Å². The number of amides is 3. The van der Waals surface area contributed by atoms with Crippen LogP contribution in [-0.4, -0.2) is 48.3 Å². The van der Waals surface area contributed by atoms with E-state index < -0.39 is 24.5 Å². The largest absolute Gasteiger partial charge is 0.456 e. The molecule has 0 aliphatic carbocycles. The normalized spacial score (nSPS) is 13.5. The number of rotatable bonds is 8. The molecule has 0 spiro atoms. The molecule has 1 fully saturated rings. The highest BCUT2D eigenvalue weighted by Gasteiger charge is 2.26. The van der Waals surface area contributed by atoms with Crippen molar-refractivity contribution in [3.05, 3.63) is 35.4 Å². The second-order valence-electron chi connectivity index (χ2n) is 5.81. The summed E-state index contributed by atoms with van der Waals surface area (Å²) in [6.45, 7) is 2.25. The molecule has 25 heavy (non-hydrogen) atoms. The van der Waals surface area contributed by atoms with Crippen LogP contribution in [0.15, 0.2) is 24.3 Å². The zero-order chi connectivity index (χ0) is 18.2. The number of ketones is 1. The van der Waals surface area contributed by atoms with Crippen molar-refractivity contribution < 1.29 is 23.9 Å². The van der Waals surface area contributed by atoms with Gasteiger partial charge in [-0.15, -0.1) is 0 Å². The lowest BCUT2D eigenvalue weighted by molar-refractivity contribution is -0.150. The van der Waals surface area contributed by atoms with Crippen LogP contribution in [0.3, 0.4) is 0 Å². The van der Waals surface area contributed by atoms with Crippen LogP contribution < -0.4 is 5.32 Å². The first-order chi connectivity index (χ1) is 12.0. The Balaban J connectivity index is 1.72.